The maximum absolute atomic E-state index is 9.27. The lowest BCUT2D eigenvalue weighted by atomic mass is 9.89. The van der Waals surface area contributed by atoms with Gasteiger partial charge in [0.15, 0.2) is 5.82 Å². The standard InChI is InChI=1S/C18H25N3O2S2/c1-12-2-3-13-14(10-12)25-18-16(13)17(24-9-6-22)19-15(20-18)11-21-4-7-23-8-5-21/h12,22H,2-11H2,1H3/p+1/t12-/m1/s1. The van der Waals surface area contributed by atoms with Crippen LogP contribution < -0.4 is 4.90 Å². The van der Waals surface area contributed by atoms with E-state index in [9.17, 15) is 5.11 Å². The lowest BCUT2D eigenvalue weighted by Gasteiger charge is -2.23. The highest BCUT2D eigenvalue weighted by atomic mass is 32.2. The molecule has 0 unspecified atom stereocenters. The Morgan fingerprint density at radius 1 is 1.32 bits per heavy atom. The molecular weight excluding hydrogens is 354 g/mol. The molecule has 2 aromatic heterocycles. The van der Waals surface area contributed by atoms with Gasteiger partial charge in [-0.2, -0.15) is 0 Å². The number of ether oxygens (including phenoxy) is 1. The van der Waals surface area contributed by atoms with Crippen molar-refractivity contribution in [2.24, 2.45) is 5.92 Å². The van der Waals surface area contributed by atoms with Gasteiger partial charge in [-0.3, -0.25) is 0 Å². The van der Waals surface area contributed by atoms with Crippen LogP contribution in [0, 0.1) is 5.92 Å². The first kappa shape index (κ1) is 17.7. The minimum absolute atomic E-state index is 0.184. The summed E-state index contributed by atoms with van der Waals surface area (Å²) in [5.74, 6) is 2.40. The number of morpholine rings is 1. The van der Waals surface area contributed by atoms with Crippen molar-refractivity contribution in [3.05, 3.63) is 16.3 Å². The normalized spacial score (nSPS) is 21.6. The second-order valence-electron chi connectivity index (χ2n) is 7.09. The Morgan fingerprint density at radius 3 is 2.96 bits per heavy atom. The van der Waals surface area contributed by atoms with E-state index < -0.39 is 0 Å². The van der Waals surface area contributed by atoms with Crippen molar-refractivity contribution in [1.82, 2.24) is 9.97 Å². The Bertz CT molecular complexity index is 743. The van der Waals surface area contributed by atoms with Gasteiger partial charge in [-0.05, 0) is 30.7 Å². The third kappa shape index (κ3) is 3.85. The minimum Gasteiger partial charge on any atom is -0.396 e. The highest BCUT2D eigenvalue weighted by Crippen LogP contribution is 2.40. The topological polar surface area (TPSA) is 59.7 Å². The zero-order valence-corrected chi connectivity index (χ0v) is 16.3. The lowest BCUT2D eigenvalue weighted by molar-refractivity contribution is -0.922. The molecular formula is C18H26N3O2S2+. The van der Waals surface area contributed by atoms with Crippen molar-refractivity contribution in [3.63, 3.8) is 0 Å². The van der Waals surface area contributed by atoms with E-state index in [1.165, 1.54) is 33.6 Å². The van der Waals surface area contributed by atoms with Gasteiger partial charge in [0.25, 0.3) is 0 Å². The van der Waals surface area contributed by atoms with Gasteiger partial charge in [0, 0.05) is 16.0 Å². The predicted molar refractivity (Wildman–Crippen MR) is 102 cm³/mol. The van der Waals surface area contributed by atoms with Crippen molar-refractivity contribution in [1.29, 1.82) is 0 Å². The average molecular weight is 381 g/mol. The molecule has 2 N–H and O–H groups in total. The molecule has 0 radical (unpaired) electrons. The van der Waals surface area contributed by atoms with Crippen molar-refractivity contribution in [2.45, 2.75) is 37.8 Å². The molecule has 0 amide bonds. The van der Waals surface area contributed by atoms with E-state index in [2.05, 4.69) is 6.92 Å². The zero-order valence-electron chi connectivity index (χ0n) is 14.7. The quantitative estimate of drug-likeness (QED) is 0.605. The Labute approximate surface area is 156 Å². The van der Waals surface area contributed by atoms with Crippen molar-refractivity contribution < 1.29 is 14.7 Å². The third-order valence-corrected chi connectivity index (χ3v) is 7.21. The smallest absolute Gasteiger partial charge is 0.186 e. The van der Waals surface area contributed by atoms with E-state index >= 15 is 0 Å². The summed E-state index contributed by atoms with van der Waals surface area (Å²) < 4.78 is 5.46. The maximum Gasteiger partial charge on any atom is 0.186 e. The molecule has 1 aliphatic heterocycles. The van der Waals surface area contributed by atoms with Crippen LogP contribution in [0.25, 0.3) is 10.2 Å². The molecule has 2 aromatic rings. The van der Waals surface area contributed by atoms with Gasteiger partial charge < -0.3 is 14.7 Å². The molecule has 1 saturated heterocycles. The predicted octanol–water partition coefficient (Wildman–Crippen LogP) is 1.32. The summed E-state index contributed by atoms with van der Waals surface area (Å²) in [6.45, 7) is 7.10. The van der Waals surface area contributed by atoms with Crippen LogP contribution in [0.5, 0.6) is 0 Å². The summed E-state index contributed by atoms with van der Waals surface area (Å²) in [5, 5.41) is 11.6. The van der Waals surface area contributed by atoms with E-state index in [-0.39, 0.29) is 6.61 Å². The van der Waals surface area contributed by atoms with Crippen LogP contribution in [0.4, 0.5) is 0 Å². The molecule has 3 heterocycles. The van der Waals surface area contributed by atoms with Crippen LogP contribution in [0.1, 0.15) is 29.6 Å². The molecule has 7 heteroatoms. The summed E-state index contributed by atoms with van der Waals surface area (Å²) in [6, 6.07) is 0. The number of quaternary nitrogens is 1. The van der Waals surface area contributed by atoms with Crippen LogP contribution in [0.3, 0.4) is 0 Å². The Balaban J connectivity index is 1.70. The van der Waals surface area contributed by atoms with Crippen molar-refractivity contribution in [2.75, 3.05) is 38.7 Å². The molecule has 0 aromatic carbocycles. The second kappa shape index (κ2) is 7.88. The highest BCUT2D eigenvalue weighted by Gasteiger charge is 2.25. The summed E-state index contributed by atoms with van der Waals surface area (Å²) in [6.07, 6.45) is 3.56. The van der Waals surface area contributed by atoms with Gasteiger partial charge in [-0.15, -0.1) is 23.1 Å². The number of hydrogen-bond donors (Lipinski definition) is 2. The van der Waals surface area contributed by atoms with Crippen LogP contribution in [0.2, 0.25) is 0 Å². The van der Waals surface area contributed by atoms with Crippen LogP contribution in [0.15, 0.2) is 5.03 Å². The molecule has 5 nitrogen and oxygen atoms in total. The second-order valence-corrected chi connectivity index (χ2v) is 9.26. The average Bonchev–Trinajstić information content (AvgIpc) is 2.97. The molecule has 4 rings (SSSR count). The number of thiophene rings is 1. The number of aryl methyl sites for hydroxylation is 1. The number of aromatic nitrogens is 2. The van der Waals surface area contributed by atoms with E-state index in [4.69, 9.17) is 14.7 Å². The van der Waals surface area contributed by atoms with Gasteiger partial charge in [-0.25, -0.2) is 9.97 Å². The fourth-order valence-electron chi connectivity index (χ4n) is 3.74. The molecule has 0 bridgehead atoms. The van der Waals surface area contributed by atoms with Crippen LogP contribution in [-0.4, -0.2) is 53.7 Å². The first-order valence-corrected chi connectivity index (χ1v) is 11.0. The molecule has 1 fully saturated rings. The van der Waals surface area contributed by atoms with Gasteiger partial charge in [0.1, 0.15) is 29.5 Å². The number of hydrogen-bond acceptors (Lipinski definition) is 6. The molecule has 0 spiro atoms. The molecule has 0 saturated carbocycles. The van der Waals surface area contributed by atoms with Gasteiger partial charge in [-0.1, -0.05) is 6.92 Å². The minimum atomic E-state index is 0.184. The van der Waals surface area contributed by atoms with E-state index in [1.54, 1.807) is 11.8 Å². The molecule has 2 aliphatic rings. The highest BCUT2D eigenvalue weighted by molar-refractivity contribution is 7.99. The monoisotopic (exact) mass is 380 g/mol. The van der Waals surface area contributed by atoms with Gasteiger partial charge in [0.2, 0.25) is 0 Å². The van der Waals surface area contributed by atoms with Crippen molar-refractivity contribution in [3.8, 4) is 0 Å². The van der Waals surface area contributed by atoms with Gasteiger partial charge >= 0.3 is 0 Å². The summed E-state index contributed by atoms with van der Waals surface area (Å²) in [4.78, 5) is 14.0. The number of nitrogens with one attached hydrogen (secondary N) is 1. The van der Waals surface area contributed by atoms with Crippen LogP contribution >= 0.6 is 23.1 Å². The van der Waals surface area contributed by atoms with Gasteiger partial charge in [0.05, 0.1) is 19.8 Å². The largest absolute Gasteiger partial charge is 0.396 e. The molecule has 1 atom stereocenters. The molecule has 25 heavy (non-hydrogen) atoms. The van der Waals surface area contributed by atoms with Crippen LogP contribution in [-0.2, 0) is 24.1 Å². The molecule has 1 aliphatic carbocycles. The van der Waals surface area contributed by atoms with E-state index in [0.717, 1.165) is 60.9 Å². The van der Waals surface area contributed by atoms with E-state index in [1.807, 2.05) is 11.3 Å². The lowest BCUT2D eigenvalue weighted by Crippen LogP contribution is -3.12. The Kier molecular flexibility index (Phi) is 5.57. The number of aliphatic hydroxyl groups excluding tert-OH is 1. The molecule has 136 valence electrons. The fourth-order valence-corrected chi connectivity index (χ4v) is 6.02. The number of rotatable bonds is 5. The van der Waals surface area contributed by atoms with Crippen molar-refractivity contribution >= 4 is 33.3 Å². The first-order chi connectivity index (χ1) is 12.2. The zero-order chi connectivity index (χ0) is 17.2. The van der Waals surface area contributed by atoms with E-state index in [0.29, 0.717) is 5.75 Å². The maximum atomic E-state index is 9.27. The SMILES string of the molecule is C[C@@H]1CCc2c(sc3nc(C[NH+]4CCOCC4)nc(SCCO)c23)C1. The first-order valence-electron chi connectivity index (χ1n) is 9.20. The Hall–Kier alpha value is -0.730. The number of fused-ring (bicyclic) bond motifs is 3. The summed E-state index contributed by atoms with van der Waals surface area (Å²) in [5.41, 5.74) is 1.48. The Morgan fingerprint density at radius 2 is 2.16 bits per heavy atom. The number of aliphatic hydroxyl groups is 1. The number of nitrogens with zero attached hydrogens (tertiary/aromatic N) is 2. The summed E-state index contributed by atoms with van der Waals surface area (Å²) >= 11 is 3.54. The third-order valence-electron chi connectivity index (χ3n) is 5.11. The summed E-state index contributed by atoms with van der Waals surface area (Å²) in [7, 11) is 0. The fraction of sp³-hybridized carbons (Fsp3) is 0.667. The number of thioether (sulfide) groups is 1.